The predicted molar refractivity (Wildman–Crippen MR) is 93.9 cm³/mol. The number of nitrogens with zero attached hydrogens (tertiary/aromatic N) is 1. The first kappa shape index (κ1) is 14.2. The van der Waals surface area contributed by atoms with Gasteiger partial charge in [0.15, 0.2) is 0 Å². The number of para-hydroxylation sites is 2. The van der Waals surface area contributed by atoms with E-state index in [1.165, 1.54) is 0 Å². The number of rotatable bonds is 3. The number of H-pyrrole nitrogens is 1. The summed E-state index contributed by atoms with van der Waals surface area (Å²) < 4.78 is 0. The maximum Gasteiger partial charge on any atom is 0.336 e. The van der Waals surface area contributed by atoms with Gasteiger partial charge in [-0.3, -0.25) is 0 Å². The molecular weight excluding hydrogens is 300 g/mol. The number of nitrogens with one attached hydrogen (secondary N) is 1. The lowest BCUT2D eigenvalue weighted by Crippen LogP contribution is -1.98. The molecule has 0 fully saturated rings. The highest BCUT2D eigenvalue weighted by atomic mass is 16.4. The van der Waals surface area contributed by atoms with Crippen LogP contribution in [0.1, 0.15) is 10.4 Å². The highest BCUT2D eigenvalue weighted by Crippen LogP contribution is 2.27. The molecule has 116 valence electrons. The molecule has 0 saturated carbocycles. The molecule has 2 N–H and O–H groups in total. The molecule has 0 aliphatic heterocycles. The fourth-order valence-corrected chi connectivity index (χ4v) is 2.82. The lowest BCUT2D eigenvalue weighted by Gasteiger charge is -2.06. The second-order valence-electron chi connectivity index (χ2n) is 5.53. The summed E-state index contributed by atoms with van der Waals surface area (Å²) in [5, 5.41) is 9.33. The monoisotopic (exact) mass is 314 g/mol. The fraction of sp³-hybridized carbons (Fsp3) is 0. The van der Waals surface area contributed by atoms with Crippen molar-refractivity contribution >= 4 is 17.0 Å². The molecule has 0 aliphatic carbocycles. The molecule has 0 saturated heterocycles. The average molecular weight is 314 g/mol. The van der Waals surface area contributed by atoms with Crippen LogP contribution >= 0.6 is 0 Å². The third-order valence-electron chi connectivity index (χ3n) is 4.02. The minimum Gasteiger partial charge on any atom is -0.478 e. The Balaban J connectivity index is 1.74. The minimum absolute atomic E-state index is 0.300. The van der Waals surface area contributed by atoms with Crippen molar-refractivity contribution in [3.05, 3.63) is 78.4 Å². The largest absolute Gasteiger partial charge is 0.478 e. The zero-order valence-electron chi connectivity index (χ0n) is 12.7. The van der Waals surface area contributed by atoms with Gasteiger partial charge in [-0.2, -0.15) is 0 Å². The normalized spacial score (nSPS) is 10.8. The Labute approximate surface area is 138 Å². The van der Waals surface area contributed by atoms with Gasteiger partial charge in [-0.25, -0.2) is 9.78 Å². The number of fused-ring (bicyclic) bond motifs is 1. The van der Waals surface area contributed by atoms with Gasteiger partial charge in [-0.15, -0.1) is 0 Å². The van der Waals surface area contributed by atoms with Gasteiger partial charge in [0, 0.05) is 5.56 Å². The molecule has 4 rings (SSSR count). The predicted octanol–water partition coefficient (Wildman–Crippen LogP) is 4.60. The smallest absolute Gasteiger partial charge is 0.336 e. The molecule has 0 aliphatic rings. The van der Waals surface area contributed by atoms with E-state index in [4.69, 9.17) is 0 Å². The van der Waals surface area contributed by atoms with Crippen molar-refractivity contribution in [1.29, 1.82) is 0 Å². The van der Waals surface area contributed by atoms with Gasteiger partial charge in [0.05, 0.1) is 16.6 Å². The van der Waals surface area contributed by atoms with Gasteiger partial charge in [-0.05, 0) is 29.3 Å². The number of carboxylic acids is 1. The molecule has 1 aromatic heterocycles. The van der Waals surface area contributed by atoms with Crippen LogP contribution in [0.2, 0.25) is 0 Å². The third-order valence-corrected chi connectivity index (χ3v) is 4.02. The molecule has 0 atom stereocenters. The number of aromatic carboxylic acids is 1. The van der Waals surface area contributed by atoms with Crippen LogP contribution in [-0.4, -0.2) is 21.0 Å². The van der Waals surface area contributed by atoms with E-state index in [0.717, 1.165) is 28.0 Å². The second kappa shape index (κ2) is 5.66. The lowest BCUT2D eigenvalue weighted by atomic mass is 9.98. The van der Waals surface area contributed by atoms with Gasteiger partial charge < -0.3 is 10.1 Å². The van der Waals surface area contributed by atoms with Crippen molar-refractivity contribution < 1.29 is 9.90 Å². The Bertz CT molecular complexity index is 1000. The summed E-state index contributed by atoms with van der Waals surface area (Å²) in [5.41, 5.74) is 4.76. The van der Waals surface area contributed by atoms with Crippen LogP contribution in [0.15, 0.2) is 72.8 Å². The Morgan fingerprint density at radius 2 is 1.50 bits per heavy atom. The van der Waals surface area contributed by atoms with E-state index >= 15 is 0 Å². The summed E-state index contributed by atoms with van der Waals surface area (Å²) in [5.74, 6) is -0.124. The highest BCUT2D eigenvalue weighted by Gasteiger charge is 2.11. The first-order valence-electron chi connectivity index (χ1n) is 7.60. The SMILES string of the molecule is O=C(O)c1ccccc1-c1ccc(-c2nc3ccccc3[nH]2)cc1. The molecular formula is C20H14N2O2. The first-order chi connectivity index (χ1) is 11.7. The molecule has 24 heavy (non-hydrogen) atoms. The molecule has 4 nitrogen and oxygen atoms in total. The summed E-state index contributed by atoms with van der Waals surface area (Å²) in [6.45, 7) is 0. The molecule has 3 aromatic carbocycles. The van der Waals surface area contributed by atoms with Crippen LogP contribution in [0, 0.1) is 0 Å². The molecule has 0 spiro atoms. The van der Waals surface area contributed by atoms with Gasteiger partial charge in [-0.1, -0.05) is 54.6 Å². The van der Waals surface area contributed by atoms with Crippen LogP contribution < -0.4 is 0 Å². The molecule has 0 bridgehead atoms. The third kappa shape index (κ3) is 2.44. The van der Waals surface area contributed by atoms with Gasteiger partial charge in [0.25, 0.3) is 0 Å². The summed E-state index contributed by atoms with van der Waals surface area (Å²) in [7, 11) is 0. The minimum atomic E-state index is -0.924. The van der Waals surface area contributed by atoms with Crippen molar-refractivity contribution in [2.45, 2.75) is 0 Å². The van der Waals surface area contributed by atoms with E-state index < -0.39 is 5.97 Å². The summed E-state index contributed by atoms with van der Waals surface area (Å²) in [6.07, 6.45) is 0. The number of hydrogen-bond donors (Lipinski definition) is 2. The van der Waals surface area contributed by atoms with Crippen molar-refractivity contribution in [3.8, 4) is 22.5 Å². The Morgan fingerprint density at radius 1 is 0.833 bits per heavy atom. The van der Waals surface area contributed by atoms with Crippen molar-refractivity contribution in [2.75, 3.05) is 0 Å². The second-order valence-corrected chi connectivity index (χ2v) is 5.53. The summed E-state index contributed by atoms with van der Waals surface area (Å²) >= 11 is 0. The maximum absolute atomic E-state index is 11.4. The number of carboxylic acid groups (broad SMARTS) is 1. The van der Waals surface area contributed by atoms with E-state index in [-0.39, 0.29) is 0 Å². The van der Waals surface area contributed by atoms with Crippen LogP contribution in [-0.2, 0) is 0 Å². The average Bonchev–Trinajstić information content (AvgIpc) is 3.06. The Kier molecular flexibility index (Phi) is 3.35. The number of hydrogen-bond acceptors (Lipinski definition) is 2. The van der Waals surface area contributed by atoms with E-state index in [9.17, 15) is 9.90 Å². The molecule has 1 heterocycles. The van der Waals surface area contributed by atoms with Gasteiger partial charge >= 0.3 is 5.97 Å². The first-order valence-corrected chi connectivity index (χ1v) is 7.60. The number of aromatic nitrogens is 2. The molecule has 0 amide bonds. The fourth-order valence-electron chi connectivity index (χ4n) is 2.82. The van der Waals surface area contributed by atoms with E-state index in [2.05, 4.69) is 9.97 Å². The van der Waals surface area contributed by atoms with Crippen LogP contribution in [0.3, 0.4) is 0 Å². The van der Waals surface area contributed by atoms with E-state index in [1.807, 2.05) is 60.7 Å². The van der Waals surface area contributed by atoms with Crippen molar-refractivity contribution in [3.63, 3.8) is 0 Å². The topological polar surface area (TPSA) is 66.0 Å². The van der Waals surface area contributed by atoms with Crippen molar-refractivity contribution in [2.24, 2.45) is 0 Å². The Hall–Kier alpha value is -3.40. The van der Waals surface area contributed by atoms with Gasteiger partial charge in [0.2, 0.25) is 0 Å². The van der Waals surface area contributed by atoms with E-state index in [1.54, 1.807) is 12.1 Å². The number of carbonyl (C=O) groups is 1. The molecule has 4 heteroatoms. The standard InChI is InChI=1S/C20H14N2O2/c23-20(24)16-6-2-1-5-15(16)13-9-11-14(12-10-13)19-21-17-7-3-4-8-18(17)22-19/h1-12H,(H,21,22)(H,23,24). The van der Waals surface area contributed by atoms with Crippen LogP contribution in [0.4, 0.5) is 0 Å². The number of aromatic amines is 1. The highest BCUT2D eigenvalue weighted by molar-refractivity contribution is 5.96. The Morgan fingerprint density at radius 3 is 2.25 bits per heavy atom. The van der Waals surface area contributed by atoms with E-state index in [0.29, 0.717) is 11.1 Å². The lowest BCUT2D eigenvalue weighted by molar-refractivity contribution is 0.0697. The molecule has 4 aromatic rings. The summed E-state index contributed by atoms with van der Waals surface area (Å²) in [6, 6.07) is 22.6. The number of benzene rings is 3. The van der Waals surface area contributed by atoms with Crippen LogP contribution in [0.5, 0.6) is 0 Å². The van der Waals surface area contributed by atoms with Crippen molar-refractivity contribution in [1.82, 2.24) is 9.97 Å². The molecule has 0 radical (unpaired) electrons. The van der Waals surface area contributed by atoms with Crippen LogP contribution in [0.25, 0.3) is 33.5 Å². The number of imidazole rings is 1. The summed E-state index contributed by atoms with van der Waals surface area (Å²) in [4.78, 5) is 19.2. The zero-order valence-corrected chi connectivity index (χ0v) is 12.7. The van der Waals surface area contributed by atoms with Gasteiger partial charge in [0.1, 0.15) is 5.82 Å². The zero-order chi connectivity index (χ0) is 16.5. The maximum atomic E-state index is 11.4. The quantitative estimate of drug-likeness (QED) is 0.581. The molecule has 0 unspecified atom stereocenters.